The van der Waals surface area contributed by atoms with Gasteiger partial charge >= 0.3 is 0 Å². The lowest BCUT2D eigenvalue weighted by Crippen LogP contribution is -2.30. The summed E-state index contributed by atoms with van der Waals surface area (Å²) in [5.41, 5.74) is 11.0. The number of H-pyrrole nitrogens is 1. The van der Waals surface area contributed by atoms with Crippen LogP contribution in [-0.2, 0) is 6.42 Å². The van der Waals surface area contributed by atoms with Crippen LogP contribution >= 0.6 is 11.6 Å². The second-order valence-corrected chi connectivity index (χ2v) is 7.60. The van der Waals surface area contributed by atoms with Gasteiger partial charge in [0.25, 0.3) is 5.91 Å². The molecular weight excluding hydrogens is 400 g/mol. The van der Waals surface area contributed by atoms with Crippen molar-refractivity contribution in [1.29, 1.82) is 0 Å². The molecule has 1 aromatic carbocycles. The van der Waals surface area contributed by atoms with Gasteiger partial charge in [0, 0.05) is 11.1 Å². The number of amides is 1. The van der Waals surface area contributed by atoms with Gasteiger partial charge in [-0.15, -0.1) is 0 Å². The molecule has 0 aliphatic rings. The highest BCUT2D eigenvalue weighted by atomic mass is 35.5. The second-order valence-electron chi connectivity index (χ2n) is 7.21. The fourth-order valence-corrected chi connectivity index (χ4v) is 3.76. The van der Waals surface area contributed by atoms with Gasteiger partial charge in [-0.2, -0.15) is 0 Å². The number of aromatic nitrogens is 4. The summed E-state index contributed by atoms with van der Waals surface area (Å²) in [6, 6.07) is 11.1. The van der Waals surface area contributed by atoms with Gasteiger partial charge in [-0.25, -0.2) is 15.0 Å². The Hall–Kier alpha value is -3.45. The first-order chi connectivity index (χ1) is 14.4. The maximum atomic E-state index is 12.8. The van der Waals surface area contributed by atoms with Gasteiger partial charge < -0.3 is 16.0 Å². The number of aryl methyl sites for hydroxylation is 2. The average Bonchev–Trinajstić information content (AvgIpc) is 3.24. The Balaban J connectivity index is 1.73. The topological polar surface area (TPSA) is 110 Å². The highest BCUT2D eigenvalue weighted by Gasteiger charge is 2.20. The number of halogens is 1. The van der Waals surface area contributed by atoms with E-state index in [9.17, 15) is 4.79 Å². The first-order valence-corrected chi connectivity index (χ1v) is 9.86. The van der Waals surface area contributed by atoms with E-state index in [0.29, 0.717) is 23.1 Å². The zero-order chi connectivity index (χ0) is 21.3. The smallest absolute Gasteiger partial charge is 0.269 e. The number of nitrogens with one attached hydrogen (secondary N) is 2. The first kappa shape index (κ1) is 19.8. The van der Waals surface area contributed by atoms with Crippen molar-refractivity contribution in [2.24, 2.45) is 0 Å². The largest absolute Gasteiger partial charge is 0.384 e. The number of nitrogen functional groups attached to an aromatic ring is 1. The number of carbonyl (C=O) groups is 1. The average molecular weight is 421 g/mol. The SMILES string of the molecule is Cc1cc(N)nc(C)c1CC(NC(=O)c1cnc[nH]1)c1ccc2nc(Cl)ccc2c1. The lowest BCUT2D eigenvalue weighted by atomic mass is 9.94. The molecule has 1 unspecified atom stereocenters. The number of aromatic amines is 1. The molecule has 8 heteroatoms. The number of rotatable bonds is 5. The number of benzene rings is 1. The molecule has 0 aliphatic heterocycles. The monoisotopic (exact) mass is 420 g/mol. The molecule has 0 aliphatic carbocycles. The van der Waals surface area contributed by atoms with Crippen molar-refractivity contribution in [1.82, 2.24) is 25.3 Å². The zero-order valence-corrected chi connectivity index (χ0v) is 17.4. The summed E-state index contributed by atoms with van der Waals surface area (Å²) < 4.78 is 0. The molecule has 4 aromatic rings. The molecule has 0 saturated carbocycles. The summed E-state index contributed by atoms with van der Waals surface area (Å²) in [5, 5.41) is 4.50. The van der Waals surface area contributed by atoms with Crippen molar-refractivity contribution >= 4 is 34.2 Å². The third kappa shape index (κ3) is 4.11. The quantitative estimate of drug-likeness (QED) is 0.424. The van der Waals surface area contributed by atoms with E-state index >= 15 is 0 Å². The predicted octanol–water partition coefficient (Wildman–Crippen LogP) is 3.92. The summed E-state index contributed by atoms with van der Waals surface area (Å²) in [5.74, 6) is 0.256. The van der Waals surface area contributed by atoms with Crippen molar-refractivity contribution in [2.45, 2.75) is 26.3 Å². The zero-order valence-electron chi connectivity index (χ0n) is 16.6. The van der Waals surface area contributed by atoms with Crippen LogP contribution in [0.4, 0.5) is 5.82 Å². The molecule has 1 atom stereocenters. The summed E-state index contributed by atoms with van der Waals surface area (Å²) in [6.07, 6.45) is 3.55. The van der Waals surface area contributed by atoms with Crippen LogP contribution in [0.3, 0.4) is 0 Å². The van der Waals surface area contributed by atoms with Crippen LogP contribution in [0.5, 0.6) is 0 Å². The van der Waals surface area contributed by atoms with Gasteiger partial charge in [-0.05, 0) is 67.3 Å². The van der Waals surface area contributed by atoms with E-state index in [1.54, 1.807) is 6.07 Å². The van der Waals surface area contributed by atoms with Gasteiger partial charge in [0.1, 0.15) is 16.7 Å². The summed E-state index contributed by atoms with van der Waals surface area (Å²) in [7, 11) is 0. The third-order valence-corrected chi connectivity index (χ3v) is 5.32. The van der Waals surface area contributed by atoms with Crippen LogP contribution in [0.15, 0.2) is 48.9 Å². The van der Waals surface area contributed by atoms with Crippen LogP contribution < -0.4 is 11.1 Å². The van der Waals surface area contributed by atoms with Gasteiger partial charge in [0.15, 0.2) is 0 Å². The van der Waals surface area contributed by atoms with Gasteiger partial charge in [-0.1, -0.05) is 17.7 Å². The normalized spacial score (nSPS) is 12.1. The van der Waals surface area contributed by atoms with E-state index in [1.807, 2.05) is 44.2 Å². The molecule has 3 aromatic heterocycles. The highest BCUT2D eigenvalue weighted by molar-refractivity contribution is 6.29. The molecule has 7 nitrogen and oxygen atoms in total. The van der Waals surface area contributed by atoms with E-state index in [-0.39, 0.29) is 11.9 Å². The Kier molecular flexibility index (Phi) is 5.37. The molecular formula is C22H21ClN6O. The van der Waals surface area contributed by atoms with Crippen LogP contribution in [0, 0.1) is 13.8 Å². The fourth-order valence-electron chi connectivity index (χ4n) is 3.60. The number of anilines is 1. The summed E-state index contributed by atoms with van der Waals surface area (Å²) in [4.78, 5) is 28.3. The highest BCUT2D eigenvalue weighted by Crippen LogP contribution is 2.26. The molecule has 1 amide bonds. The predicted molar refractivity (Wildman–Crippen MR) is 117 cm³/mol. The minimum absolute atomic E-state index is 0.231. The van der Waals surface area contributed by atoms with Crippen molar-refractivity contribution in [3.8, 4) is 0 Å². The molecule has 0 radical (unpaired) electrons. The molecule has 30 heavy (non-hydrogen) atoms. The minimum Gasteiger partial charge on any atom is -0.384 e. The lowest BCUT2D eigenvalue weighted by molar-refractivity contribution is 0.0932. The molecule has 3 heterocycles. The van der Waals surface area contributed by atoms with E-state index in [1.165, 1.54) is 12.5 Å². The number of imidazole rings is 1. The van der Waals surface area contributed by atoms with Gasteiger partial charge in [-0.3, -0.25) is 4.79 Å². The van der Waals surface area contributed by atoms with Crippen LogP contribution in [-0.4, -0.2) is 25.8 Å². The Morgan fingerprint density at radius 3 is 2.77 bits per heavy atom. The number of nitrogens with two attached hydrogens (primary N) is 1. The Morgan fingerprint density at radius 2 is 2.03 bits per heavy atom. The molecule has 4 rings (SSSR count). The van der Waals surface area contributed by atoms with Crippen LogP contribution in [0.2, 0.25) is 5.15 Å². The maximum Gasteiger partial charge on any atom is 0.269 e. The Bertz CT molecular complexity index is 1200. The van der Waals surface area contributed by atoms with Crippen molar-refractivity contribution in [2.75, 3.05) is 5.73 Å². The van der Waals surface area contributed by atoms with E-state index in [2.05, 4.69) is 25.3 Å². The number of hydrogen-bond donors (Lipinski definition) is 3. The number of fused-ring (bicyclic) bond motifs is 1. The lowest BCUT2D eigenvalue weighted by Gasteiger charge is -2.22. The molecule has 152 valence electrons. The van der Waals surface area contributed by atoms with E-state index < -0.39 is 0 Å². The summed E-state index contributed by atoms with van der Waals surface area (Å²) >= 11 is 6.01. The van der Waals surface area contributed by atoms with Crippen molar-refractivity contribution in [3.63, 3.8) is 0 Å². The first-order valence-electron chi connectivity index (χ1n) is 9.49. The van der Waals surface area contributed by atoms with Crippen molar-refractivity contribution < 1.29 is 4.79 Å². The molecule has 0 spiro atoms. The Labute approximate surface area is 178 Å². The maximum absolute atomic E-state index is 12.8. The molecule has 4 N–H and O–H groups in total. The molecule has 0 fully saturated rings. The van der Waals surface area contributed by atoms with E-state index in [4.69, 9.17) is 17.3 Å². The number of pyridine rings is 2. The fraction of sp³-hybridized carbons (Fsp3) is 0.182. The van der Waals surface area contributed by atoms with E-state index in [0.717, 1.165) is 33.3 Å². The van der Waals surface area contributed by atoms with Crippen LogP contribution in [0.1, 0.15) is 38.9 Å². The number of nitrogens with zero attached hydrogens (tertiary/aromatic N) is 3. The third-order valence-electron chi connectivity index (χ3n) is 5.11. The number of carbonyl (C=O) groups excluding carboxylic acids is 1. The molecule has 0 bridgehead atoms. The summed E-state index contributed by atoms with van der Waals surface area (Å²) in [6.45, 7) is 3.93. The van der Waals surface area contributed by atoms with Gasteiger partial charge in [0.05, 0.1) is 24.1 Å². The molecule has 0 saturated heterocycles. The standard InChI is InChI=1S/C22H21ClN6O/c1-12-7-21(24)27-13(2)16(12)9-18(29-22(30)19-10-25-11-26-19)15-3-5-17-14(8-15)4-6-20(23)28-17/h3-8,10-11,18H,9H2,1-2H3,(H2,24,27)(H,25,26)(H,29,30). The van der Waals surface area contributed by atoms with Crippen molar-refractivity contribution in [3.05, 3.63) is 82.2 Å². The Morgan fingerprint density at radius 1 is 1.20 bits per heavy atom. The van der Waals surface area contributed by atoms with Crippen LogP contribution in [0.25, 0.3) is 10.9 Å². The second kappa shape index (κ2) is 8.12. The minimum atomic E-state index is -0.288. The number of hydrogen-bond acceptors (Lipinski definition) is 5. The van der Waals surface area contributed by atoms with Gasteiger partial charge in [0.2, 0.25) is 0 Å².